The SMILES string of the molecule is Cc1ncc(CCCN)c(C(C)(C)C)n1. The van der Waals surface area contributed by atoms with Gasteiger partial charge in [-0.1, -0.05) is 20.8 Å². The van der Waals surface area contributed by atoms with E-state index in [0.29, 0.717) is 0 Å². The second-order valence-corrected chi connectivity index (χ2v) is 4.93. The highest BCUT2D eigenvalue weighted by Gasteiger charge is 2.19. The molecule has 1 rings (SSSR count). The lowest BCUT2D eigenvalue weighted by Crippen LogP contribution is -2.18. The summed E-state index contributed by atoms with van der Waals surface area (Å²) in [4.78, 5) is 8.80. The van der Waals surface area contributed by atoms with Gasteiger partial charge in [-0.25, -0.2) is 9.97 Å². The van der Waals surface area contributed by atoms with Crippen LogP contribution in [-0.4, -0.2) is 16.5 Å². The van der Waals surface area contributed by atoms with Crippen molar-refractivity contribution in [2.45, 2.75) is 46.0 Å². The second kappa shape index (κ2) is 4.71. The van der Waals surface area contributed by atoms with Gasteiger partial charge in [-0.3, -0.25) is 0 Å². The molecule has 0 saturated carbocycles. The fourth-order valence-electron chi connectivity index (χ4n) is 1.62. The third kappa shape index (κ3) is 3.27. The van der Waals surface area contributed by atoms with Crippen LogP contribution >= 0.6 is 0 Å². The summed E-state index contributed by atoms with van der Waals surface area (Å²) >= 11 is 0. The van der Waals surface area contributed by atoms with Gasteiger partial charge in [0.15, 0.2) is 0 Å². The van der Waals surface area contributed by atoms with E-state index in [-0.39, 0.29) is 5.41 Å². The van der Waals surface area contributed by atoms with Crippen LogP contribution in [0.1, 0.15) is 44.3 Å². The lowest BCUT2D eigenvalue weighted by molar-refractivity contribution is 0.553. The van der Waals surface area contributed by atoms with Crippen molar-refractivity contribution in [3.05, 3.63) is 23.3 Å². The van der Waals surface area contributed by atoms with Crippen LogP contribution in [0, 0.1) is 6.92 Å². The fraction of sp³-hybridized carbons (Fsp3) is 0.667. The van der Waals surface area contributed by atoms with E-state index >= 15 is 0 Å². The number of nitrogens with two attached hydrogens (primary N) is 1. The molecule has 0 aliphatic carbocycles. The molecule has 1 aromatic heterocycles. The van der Waals surface area contributed by atoms with Crippen molar-refractivity contribution in [1.29, 1.82) is 0 Å². The molecule has 1 aromatic rings. The molecule has 15 heavy (non-hydrogen) atoms. The molecule has 84 valence electrons. The lowest BCUT2D eigenvalue weighted by Gasteiger charge is -2.21. The largest absolute Gasteiger partial charge is 0.330 e. The van der Waals surface area contributed by atoms with Crippen LogP contribution < -0.4 is 5.73 Å². The Morgan fingerprint density at radius 3 is 2.53 bits per heavy atom. The number of aryl methyl sites for hydroxylation is 2. The van der Waals surface area contributed by atoms with Gasteiger partial charge in [0.25, 0.3) is 0 Å². The van der Waals surface area contributed by atoms with E-state index in [4.69, 9.17) is 5.73 Å². The van der Waals surface area contributed by atoms with Gasteiger partial charge in [-0.2, -0.15) is 0 Å². The third-order valence-corrected chi connectivity index (χ3v) is 2.35. The molecule has 0 saturated heterocycles. The monoisotopic (exact) mass is 207 g/mol. The zero-order valence-corrected chi connectivity index (χ0v) is 10.2. The zero-order chi connectivity index (χ0) is 11.5. The van der Waals surface area contributed by atoms with Crippen LogP contribution in [0.15, 0.2) is 6.20 Å². The van der Waals surface area contributed by atoms with Gasteiger partial charge >= 0.3 is 0 Å². The Labute approximate surface area is 92.1 Å². The van der Waals surface area contributed by atoms with E-state index in [9.17, 15) is 0 Å². The first kappa shape index (κ1) is 12.1. The van der Waals surface area contributed by atoms with E-state index in [0.717, 1.165) is 30.9 Å². The predicted octanol–water partition coefficient (Wildman–Crippen LogP) is 1.97. The van der Waals surface area contributed by atoms with Crippen molar-refractivity contribution in [3.8, 4) is 0 Å². The summed E-state index contributed by atoms with van der Waals surface area (Å²) in [5.41, 5.74) is 8.00. The zero-order valence-electron chi connectivity index (χ0n) is 10.2. The maximum atomic E-state index is 5.52. The number of rotatable bonds is 3. The Morgan fingerprint density at radius 1 is 1.33 bits per heavy atom. The maximum absolute atomic E-state index is 5.52. The van der Waals surface area contributed by atoms with Crippen LogP contribution in [-0.2, 0) is 11.8 Å². The molecule has 0 radical (unpaired) electrons. The van der Waals surface area contributed by atoms with E-state index in [1.807, 2.05) is 13.1 Å². The average Bonchev–Trinajstić information content (AvgIpc) is 2.14. The van der Waals surface area contributed by atoms with Crippen molar-refractivity contribution < 1.29 is 0 Å². The Morgan fingerprint density at radius 2 is 2.00 bits per heavy atom. The first-order valence-electron chi connectivity index (χ1n) is 5.48. The quantitative estimate of drug-likeness (QED) is 0.824. The summed E-state index contributed by atoms with van der Waals surface area (Å²) in [6, 6.07) is 0. The standard InChI is InChI=1S/C12H21N3/c1-9-14-8-10(6-5-7-13)11(15-9)12(2,3)4/h8H,5-7,13H2,1-4H3. The number of aromatic nitrogens is 2. The second-order valence-electron chi connectivity index (χ2n) is 4.93. The van der Waals surface area contributed by atoms with Gasteiger partial charge in [-0.05, 0) is 31.9 Å². The van der Waals surface area contributed by atoms with Crippen LogP contribution in [0.25, 0.3) is 0 Å². The molecule has 1 heterocycles. The Hall–Kier alpha value is -0.960. The summed E-state index contributed by atoms with van der Waals surface area (Å²) in [6.45, 7) is 9.20. The Bertz CT molecular complexity index is 326. The third-order valence-electron chi connectivity index (χ3n) is 2.35. The molecule has 0 aliphatic heterocycles. The Balaban J connectivity index is 3.04. The molecule has 0 aromatic carbocycles. The normalized spacial score (nSPS) is 11.8. The van der Waals surface area contributed by atoms with Gasteiger partial charge in [0, 0.05) is 11.6 Å². The van der Waals surface area contributed by atoms with Gasteiger partial charge in [0.1, 0.15) is 5.82 Å². The fourth-order valence-corrected chi connectivity index (χ4v) is 1.62. The molecular weight excluding hydrogens is 186 g/mol. The molecule has 3 nitrogen and oxygen atoms in total. The summed E-state index contributed by atoms with van der Waals surface area (Å²) in [5, 5.41) is 0. The maximum Gasteiger partial charge on any atom is 0.125 e. The van der Waals surface area contributed by atoms with Gasteiger partial charge in [-0.15, -0.1) is 0 Å². The van der Waals surface area contributed by atoms with Crippen LogP contribution in [0.5, 0.6) is 0 Å². The molecule has 0 atom stereocenters. The van der Waals surface area contributed by atoms with Crippen LogP contribution in [0.2, 0.25) is 0 Å². The van der Waals surface area contributed by atoms with Crippen molar-refractivity contribution in [2.24, 2.45) is 5.73 Å². The van der Waals surface area contributed by atoms with Crippen LogP contribution in [0.3, 0.4) is 0 Å². The highest BCUT2D eigenvalue weighted by molar-refractivity contribution is 5.24. The topological polar surface area (TPSA) is 51.8 Å². The Kier molecular flexibility index (Phi) is 3.80. The molecule has 0 unspecified atom stereocenters. The van der Waals surface area contributed by atoms with Gasteiger partial charge < -0.3 is 5.73 Å². The molecule has 0 fully saturated rings. The van der Waals surface area contributed by atoms with E-state index < -0.39 is 0 Å². The smallest absolute Gasteiger partial charge is 0.125 e. The summed E-state index contributed by atoms with van der Waals surface area (Å²) < 4.78 is 0. The van der Waals surface area contributed by atoms with Crippen molar-refractivity contribution >= 4 is 0 Å². The van der Waals surface area contributed by atoms with Crippen LogP contribution in [0.4, 0.5) is 0 Å². The number of nitrogens with zero attached hydrogens (tertiary/aromatic N) is 2. The van der Waals surface area contributed by atoms with E-state index in [2.05, 4.69) is 30.7 Å². The first-order valence-corrected chi connectivity index (χ1v) is 5.48. The minimum absolute atomic E-state index is 0.0810. The van der Waals surface area contributed by atoms with Gasteiger partial charge in [0.2, 0.25) is 0 Å². The number of hydrogen-bond acceptors (Lipinski definition) is 3. The summed E-state index contributed by atoms with van der Waals surface area (Å²) in [6.07, 6.45) is 3.91. The minimum atomic E-state index is 0.0810. The van der Waals surface area contributed by atoms with Crippen molar-refractivity contribution in [2.75, 3.05) is 6.54 Å². The van der Waals surface area contributed by atoms with E-state index in [1.54, 1.807) is 0 Å². The molecule has 0 aliphatic rings. The summed E-state index contributed by atoms with van der Waals surface area (Å²) in [5.74, 6) is 0.844. The number of hydrogen-bond donors (Lipinski definition) is 1. The molecule has 2 N–H and O–H groups in total. The first-order chi connectivity index (χ1) is 6.95. The summed E-state index contributed by atoms with van der Waals surface area (Å²) in [7, 11) is 0. The van der Waals surface area contributed by atoms with E-state index in [1.165, 1.54) is 5.56 Å². The predicted molar refractivity (Wildman–Crippen MR) is 62.8 cm³/mol. The van der Waals surface area contributed by atoms with Crippen molar-refractivity contribution in [1.82, 2.24) is 9.97 Å². The van der Waals surface area contributed by atoms with Gasteiger partial charge in [0.05, 0.1) is 5.69 Å². The molecule has 0 bridgehead atoms. The highest BCUT2D eigenvalue weighted by atomic mass is 14.9. The minimum Gasteiger partial charge on any atom is -0.330 e. The molecule has 0 amide bonds. The van der Waals surface area contributed by atoms with Crippen molar-refractivity contribution in [3.63, 3.8) is 0 Å². The average molecular weight is 207 g/mol. The lowest BCUT2D eigenvalue weighted by atomic mass is 9.87. The molecule has 3 heteroatoms. The highest BCUT2D eigenvalue weighted by Crippen LogP contribution is 2.24. The molecule has 0 spiro atoms. The molecular formula is C12H21N3.